The van der Waals surface area contributed by atoms with Crippen molar-refractivity contribution in [3.05, 3.63) is 18.3 Å². The Hall–Kier alpha value is -0.940. The summed E-state index contributed by atoms with van der Waals surface area (Å²) < 4.78 is 5.16. The van der Waals surface area contributed by atoms with Crippen LogP contribution in [0.15, 0.2) is 18.3 Å². The van der Waals surface area contributed by atoms with Gasteiger partial charge in [-0.05, 0) is 25.3 Å². The Balaban J connectivity index is 2.60. The van der Waals surface area contributed by atoms with Gasteiger partial charge < -0.3 is 15.2 Å². The second-order valence-electron chi connectivity index (χ2n) is 3.84. The zero-order chi connectivity index (χ0) is 12.0. The minimum Gasteiger partial charge on any atom is -0.493 e. The fourth-order valence-electron chi connectivity index (χ4n) is 1.32. The Bertz CT molecular complexity index is 332. The first-order valence-electron chi connectivity index (χ1n) is 5.03. The van der Waals surface area contributed by atoms with Crippen molar-refractivity contribution in [3.63, 3.8) is 0 Å². The molecule has 5 heteroatoms. The van der Waals surface area contributed by atoms with Gasteiger partial charge in [0, 0.05) is 18.5 Å². The highest BCUT2D eigenvalue weighted by molar-refractivity contribution is 7.98. The van der Waals surface area contributed by atoms with Gasteiger partial charge in [-0.2, -0.15) is 11.8 Å². The van der Waals surface area contributed by atoms with Gasteiger partial charge in [0.1, 0.15) is 0 Å². The van der Waals surface area contributed by atoms with E-state index in [2.05, 4.69) is 10.3 Å². The van der Waals surface area contributed by atoms with Gasteiger partial charge in [-0.15, -0.1) is 0 Å². The van der Waals surface area contributed by atoms with Gasteiger partial charge in [0.15, 0.2) is 11.6 Å². The minimum absolute atomic E-state index is 0.446. The van der Waals surface area contributed by atoms with E-state index in [4.69, 9.17) is 4.74 Å². The quantitative estimate of drug-likeness (QED) is 0.794. The van der Waals surface area contributed by atoms with Crippen molar-refractivity contribution in [1.29, 1.82) is 0 Å². The first-order chi connectivity index (χ1) is 7.59. The van der Waals surface area contributed by atoms with Gasteiger partial charge in [-0.3, -0.25) is 0 Å². The predicted molar refractivity (Wildman–Crippen MR) is 68.3 cm³/mol. The van der Waals surface area contributed by atoms with E-state index in [-0.39, 0.29) is 0 Å². The van der Waals surface area contributed by atoms with Gasteiger partial charge >= 0.3 is 0 Å². The molecule has 1 rings (SSSR count). The molecule has 0 amide bonds. The summed E-state index contributed by atoms with van der Waals surface area (Å²) in [5.74, 6) is 2.02. The summed E-state index contributed by atoms with van der Waals surface area (Å²) in [6, 6.07) is 3.64. The number of hydrogen-bond donors (Lipinski definition) is 2. The number of aliphatic hydroxyl groups is 1. The lowest BCUT2D eigenvalue weighted by Gasteiger charge is -2.23. The number of thioether (sulfide) groups is 1. The van der Waals surface area contributed by atoms with Crippen LogP contribution < -0.4 is 10.1 Å². The van der Waals surface area contributed by atoms with E-state index in [0.717, 1.165) is 0 Å². The number of hydrogen-bond acceptors (Lipinski definition) is 5. The largest absolute Gasteiger partial charge is 0.493 e. The molecule has 16 heavy (non-hydrogen) atoms. The number of nitrogens with zero attached hydrogens (tertiary/aromatic N) is 1. The lowest BCUT2D eigenvalue weighted by atomic mass is 10.1. The highest BCUT2D eigenvalue weighted by Crippen LogP contribution is 2.21. The summed E-state index contributed by atoms with van der Waals surface area (Å²) in [6.07, 6.45) is 3.66. The molecule has 0 saturated carbocycles. The van der Waals surface area contributed by atoms with Gasteiger partial charge in [-0.25, -0.2) is 4.98 Å². The lowest BCUT2D eigenvalue weighted by Crippen LogP contribution is -2.36. The summed E-state index contributed by atoms with van der Waals surface area (Å²) in [4.78, 5) is 4.16. The van der Waals surface area contributed by atoms with Crippen LogP contribution in [0.2, 0.25) is 0 Å². The van der Waals surface area contributed by atoms with E-state index in [1.165, 1.54) is 0 Å². The van der Waals surface area contributed by atoms with Crippen LogP contribution in [0, 0.1) is 0 Å². The van der Waals surface area contributed by atoms with Crippen LogP contribution in [-0.2, 0) is 0 Å². The second-order valence-corrected chi connectivity index (χ2v) is 4.70. The van der Waals surface area contributed by atoms with Crippen molar-refractivity contribution in [2.24, 2.45) is 0 Å². The minimum atomic E-state index is -0.748. The Morgan fingerprint density at radius 1 is 1.62 bits per heavy atom. The third kappa shape index (κ3) is 3.90. The zero-order valence-electron chi connectivity index (χ0n) is 9.86. The molecule has 0 aromatic carbocycles. The lowest BCUT2D eigenvalue weighted by molar-refractivity contribution is 0.0996. The van der Waals surface area contributed by atoms with Crippen molar-refractivity contribution >= 4 is 17.6 Å². The Morgan fingerprint density at radius 2 is 2.38 bits per heavy atom. The van der Waals surface area contributed by atoms with Gasteiger partial charge in [-0.1, -0.05) is 0 Å². The highest BCUT2D eigenvalue weighted by atomic mass is 32.2. The average Bonchev–Trinajstić information content (AvgIpc) is 2.27. The summed E-state index contributed by atoms with van der Waals surface area (Å²) in [6.45, 7) is 2.24. The van der Waals surface area contributed by atoms with E-state index in [9.17, 15) is 5.11 Å². The van der Waals surface area contributed by atoms with Crippen molar-refractivity contribution in [1.82, 2.24) is 4.98 Å². The van der Waals surface area contributed by atoms with Crippen LogP contribution in [0.25, 0.3) is 0 Å². The Morgan fingerprint density at radius 3 is 3.00 bits per heavy atom. The summed E-state index contributed by atoms with van der Waals surface area (Å²) >= 11 is 1.61. The topological polar surface area (TPSA) is 54.4 Å². The number of rotatable bonds is 6. The molecule has 0 aliphatic rings. The van der Waals surface area contributed by atoms with E-state index in [1.807, 2.05) is 18.4 Å². The van der Waals surface area contributed by atoms with E-state index in [0.29, 0.717) is 23.9 Å². The molecule has 1 atom stereocenters. The van der Waals surface area contributed by atoms with Crippen LogP contribution in [0.1, 0.15) is 6.92 Å². The molecular weight excluding hydrogens is 224 g/mol. The highest BCUT2D eigenvalue weighted by Gasteiger charge is 2.19. The number of anilines is 1. The molecule has 0 bridgehead atoms. The van der Waals surface area contributed by atoms with Crippen LogP contribution in [0.4, 0.5) is 5.82 Å². The summed E-state index contributed by atoms with van der Waals surface area (Å²) in [7, 11) is 1.60. The maximum atomic E-state index is 9.99. The maximum Gasteiger partial charge on any atom is 0.168 e. The number of ether oxygens (including phenoxy) is 1. The van der Waals surface area contributed by atoms with Crippen molar-refractivity contribution in [2.75, 3.05) is 31.0 Å². The van der Waals surface area contributed by atoms with Crippen LogP contribution in [0.5, 0.6) is 5.75 Å². The number of aromatic nitrogens is 1. The maximum absolute atomic E-state index is 9.99. The fourth-order valence-corrected chi connectivity index (χ4v) is 2.05. The van der Waals surface area contributed by atoms with Gasteiger partial charge in [0.05, 0.1) is 12.7 Å². The number of methoxy groups -OCH3 is 1. The third-order valence-corrected chi connectivity index (χ3v) is 2.99. The van der Waals surface area contributed by atoms with Crippen molar-refractivity contribution < 1.29 is 9.84 Å². The van der Waals surface area contributed by atoms with E-state index < -0.39 is 5.60 Å². The summed E-state index contributed by atoms with van der Waals surface area (Å²) in [5, 5.41) is 13.1. The fraction of sp³-hybridized carbons (Fsp3) is 0.545. The van der Waals surface area contributed by atoms with E-state index in [1.54, 1.807) is 32.0 Å². The molecule has 1 unspecified atom stereocenters. The third-order valence-electron chi connectivity index (χ3n) is 2.08. The van der Waals surface area contributed by atoms with Crippen LogP contribution in [-0.4, -0.2) is 41.4 Å². The molecule has 1 heterocycles. The Kier molecular flexibility index (Phi) is 4.89. The smallest absolute Gasteiger partial charge is 0.168 e. The molecule has 0 radical (unpaired) electrons. The SMILES string of the molecule is COc1cccnc1NCC(C)(O)CSC. The number of nitrogens with one attached hydrogen (secondary N) is 1. The van der Waals surface area contributed by atoms with Crippen LogP contribution in [0.3, 0.4) is 0 Å². The van der Waals surface area contributed by atoms with E-state index >= 15 is 0 Å². The van der Waals surface area contributed by atoms with Gasteiger partial charge in [0.25, 0.3) is 0 Å². The van der Waals surface area contributed by atoms with Gasteiger partial charge in [0.2, 0.25) is 0 Å². The van der Waals surface area contributed by atoms with Crippen molar-refractivity contribution in [2.45, 2.75) is 12.5 Å². The molecule has 90 valence electrons. The number of pyridine rings is 1. The molecule has 1 aromatic rings. The first kappa shape index (κ1) is 13.1. The molecule has 0 spiro atoms. The predicted octanol–water partition coefficient (Wildman–Crippen LogP) is 1.62. The second kappa shape index (κ2) is 5.96. The first-order valence-corrected chi connectivity index (χ1v) is 6.42. The molecular formula is C11H18N2O2S. The standard InChI is InChI=1S/C11H18N2O2S/c1-11(14,8-16-3)7-13-10-9(15-2)5-4-6-12-10/h4-6,14H,7-8H2,1-3H3,(H,12,13). The molecule has 0 aliphatic heterocycles. The molecule has 0 aliphatic carbocycles. The van der Waals surface area contributed by atoms with Crippen LogP contribution >= 0.6 is 11.8 Å². The molecule has 0 saturated heterocycles. The Labute approximate surface area is 100 Å². The average molecular weight is 242 g/mol. The molecule has 1 aromatic heterocycles. The molecule has 2 N–H and O–H groups in total. The normalized spacial score (nSPS) is 14.2. The monoisotopic (exact) mass is 242 g/mol. The molecule has 0 fully saturated rings. The molecule has 4 nitrogen and oxygen atoms in total. The van der Waals surface area contributed by atoms with Crippen molar-refractivity contribution in [3.8, 4) is 5.75 Å². The summed E-state index contributed by atoms with van der Waals surface area (Å²) in [5.41, 5.74) is -0.748. The zero-order valence-corrected chi connectivity index (χ0v) is 10.7.